The molecule has 14 nitrogen and oxygen atoms in total. The van der Waals surface area contributed by atoms with Gasteiger partial charge < -0.3 is 36.2 Å². The molecule has 0 saturated carbocycles. The van der Waals surface area contributed by atoms with E-state index in [9.17, 15) is 14.4 Å². The number of halogens is 1. The number of amides is 3. The van der Waals surface area contributed by atoms with Crippen molar-refractivity contribution in [3.8, 4) is 0 Å². The number of rotatable bonds is 9. The SMILES string of the molecule is CC(C)(C)OC(=O)NCc1cc(N2CC[C@@H](C(=O)Nc3ccccc3)C2)ncn1.Cl.NCc1cc(N2CC[C@@H](C(=O)Nc3ccccc3)C2)ncn1. The van der Waals surface area contributed by atoms with Gasteiger partial charge in [-0.2, -0.15) is 0 Å². The molecule has 2 aromatic carbocycles. The summed E-state index contributed by atoms with van der Waals surface area (Å²) in [5.41, 5.74) is 8.17. The molecule has 4 aromatic rings. The summed E-state index contributed by atoms with van der Waals surface area (Å²) >= 11 is 0. The summed E-state index contributed by atoms with van der Waals surface area (Å²) in [4.78, 5) is 57.7. The minimum absolute atomic E-state index is 0. The summed E-state index contributed by atoms with van der Waals surface area (Å²) in [5, 5.41) is 8.61. The lowest BCUT2D eigenvalue weighted by Crippen LogP contribution is -2.32. The van der Waals surface area contributed by atoms with Crippen LogP contribution in [0.15, 0.2) is 85.5 Å². The van der Waals surface area contributed by atoms with Gasteiger partial charge in [-0.25, -0.2) is 24.7 Å². The van der Waals surface area contributed by atoms with Gasteiger partial charge in [0.25, 0.3) is 0 Å². The Balaban J connectivity index is 0.000000236. The van der Waals surface area contributed by atoms with E-state index in [1.807, 2.05) is 93.6 Å². The molecule has 2 aliphatic rings. The first kappa shape index (κ1) is 39.4. The van der Waals surface area contributed by atoms with Crippen molar-refractivity contribution in [2.75, 3.05) is 46.6 Å². The quantitative estimate of drug-likeness (QED) is 0.186. The maximum atomic E-state index is 12.5. The van der Waals surface area contributed by atoms with Crippen molar-refractivity contribution in [1.29, 1.82) is 0 Å². The van der Waals surface area contributed by atoms with E-state index in [4.69, 9.17) is 10.5 Å². The average Bonchev–Trinajstić information content (AvgIpc) is 3.83. The topological polar surface area (TPSA) is 181 Å². The predicted molar refractivity (Wildman–Crippen MR) is 203 cm³/mol. The molecule has 276 valence electrons. The van der Waals surface area contributed by atoms with Crippen molar-refractivity contribution in [2.45, 2.75) is 52.3 Å². The number of ether oxygens (including phenoxy) is 1. The number of nitrogens with zero attached hydrogens (tertiary/aromatic N) is 6. The Bertz CT molecular complexity index is 1760. The fourth-order valence-corrected chi connectivity index (χ4v) is 5.70. The smallest absolute Gasteiger partial charge is 0.407 e. The third-order valence-corrected chi connectivity index (χ3v) is 8.29. The number of anilines is 4. The van der Waals surface area contributed by atoms with Crippen molar-refractivity contribution in [1.82, 2.24) is 25.3 Å². The Hall–Kier alpha value is -5.34. The van der Waals surface area contributed by atoms with Crippen molar-refractivity contribution in [3.05, 3.63) is 96.8 Å². The summed E-state index contributed by atoms with van der Waals surface area (Å²) in [6, 6.07) is 22.7. The van der Waals surface area contributed by atoms with E-state index < -0.39 is 11.7 Å². The summed E-state index contributed by atoms with van der Waals surface area (Å²) in [7, 11) is 0. The first-order chi connectivity index (χ1) is 24.6. The molecule has 52 heavy (non-hydrogen) atoms. The number of aromatic nitrogens is 4. The molecule has 6 rings (SSSR count). The summed E-state index contributed by atoms with van der Waals surface area (Å²) in [6.45, 7) is 8.88. The van der Waals surface area contributed by atoms with Gasteiger partial charge in [-0.05, 0) is 57.9 Å². The maximum Gasteiger partial charge on any atom is 0.407 e. The maximum absolute atomic E-state index is 12.5. The van der Waals surface area contributed by atoms with Crippen LogP contribution in [0.3, 0.4) is 0 Å². The highest BCUT2D eigenvalue weighted by atomic mass is 35.5. The standard InChI is InChI=1S/C21H27N5O3.C16H19N5O.ClH/c1-21(2,3)29-20(28)22-12-17-11-18(24-14-23-17)26-10-9-15(13-26)19(27)25-16-7-5-4-6-8-16;17-9-14-8-15(19-11-18-14)21-7-6-12(10-21)16(22)20-13-4-2-1-3-5-13;/h4-8,11,14-15H,9-10,12-13H2,1-3H3,(H,22,28)(H,25,27);1-5,8,11-12H,6-7,9-10,17H2,(H,20,22);1H/t15-;12-;/m11./s1. The molecule has 0 spiro atoms. The van der Waals surface area contributed by atoms with Gasteiger partial charge in [-0.1, -0.05) is 36.4 Å². The third kappa shape index (κ3) is 11.9. The minimum atomic E-state index is -0.550. The zero-order valence-electron chi connectivity index (χ0n) is 29.7. The molecular formula is C37H47ClN10O4. The molecule has 0 radical (unpaired) electrons. The van der Waals surface area contributed by atoms with Crippen LogP contribution in [-0.2, 0) is 27.4 Å². The number of alkyl carbamates (subject to hydrolysis) is 1. The number of benzene rings is 2. The molecule has 4 heterocycles. The molecule has 15 heteroatoms. The lowest BCUT2D eigenvalue weighted by Gasteiger charge is -2.20. The summed E-state index contributed by atoms with van der Waals surface area (Å²) in [5.74, 6) is 1.52. The van der Waals surface area contributed by atoms with E-state index in [2.05, 4.69) is 45.7 Å². The van der Waals surface area contributed by atoms with Gasteiger partial charge in [0.15, 0.2) is 0 Å². The fourth-order valence-electron chi connectivity index (χ4n) is 5.70. The normalized spacial score (nSPS) is 16.5. The van der Waals surface area contributed by atoms with E-state index >= 15 is 0 Å². The van der Waals surface area contributed by atoms with Gasteiger partial charge in [-0.15, -0.1) is 12.4 Å². The van der Waals surface area contributed by atoms with E-state index in [0.717, 1.165) is 54.6 Å². The van der Waals surface area contributed by atoms with Crippen LogP contribution in [-0.4, -0.2) is 69.6 Å². The molecule has 3 amide bonds. The highest BCUT2D eigenvalue weighted by Crippen LogP contribution is 2.25. The molecule has 2 aromatic heterocycles. The number of hydrogen-bond acceptors (Lipinski definition) is 11. The zero-order valence-corrected chi connectivity index (χ0v) is 30.5. The molecule has 2 aliphatic heterocycles. The first-order valence-electron chi connectivity index (χ1n) is 17.1. The van der Waals surface area contributed by atoms with Crippen LogP contribution >= 0.6 is 12.4 Å². The lowest BCUT2D eigenvalue weighted by molar-refractivity contribution is -0.120. The molecule has 0 bridgehead atoms. The van der Waals surface area contributed by atoms with Crippen molar-refractivity contribution < 1.29 is 19.1 Å². The van der Waals surface area contributed by atoms with Crippen molar-refractivity contribution >= 4 is 53.3 Å². The Kier molecular flexibility index (Phi) is 14.2. The summed E-state index contributed by atoms with van der Waals surface area (Å²) in [6.07, 6.45) is 4.08. The minimum Gasteiger partial charge on any atom is -0.444 e. The van der Waals surface area contributed by atoms with Crippen LogP contribution in [0.5, 0.6) is 0 Å². The van der Waals surface area contributed by atoms with E-state index in [1.54, 1.807) is 0 Å². The monoisotopic (exact) mass is 730 g/mol. The zero-order chi connectivity index (χ0) is 36.2. The number of nitrogens with one attached hydrogen (secondary N) is 3. The third-order valence-electron chi connectivity index (χ3n) is 8.29. The molecule has 2 atom stereocenters. The summed E-state index contributed by atoms with van der Waals surface area (Å²) < 4.78 is 5.23. The Morgan fingerprint density at radius 3 is 1.67 bits per heavy atom. The molecule has 2 fully saturated rings. The number of hydrogen-bond donors (Lipinski definition) is 4. The number of carbonyl (C=O) groups excluding carboxylic acids is 3. The van der Waals surface area contributed by atoms with Crippen LogP contribution in [0, 0.1) is 11.8 Å². The van der Waals surface area contributed by atoms with Gasteiger partial charge in [0.1, 0.15) is 29.9 Å². The van der Waals surface area contributed by atoms with E-state index in [0.29, 0.717) is 25.3 Å². The largest absolute Gasteiger partial charge is 0.444 e. The van der Waals surface area contributed by atoms with Crippen LogP contribution in [0.2, 0.25) is 0 Å². The first-order valence-corrected chi connectivity index (χ1v) is 17.1. The van der Waals surface area contributed by atoms with E-state index in [1.165, 1.54) is 12.7 Å². The number of para-hydroxylation sites is 2. The second-order valence-electron chi connectivity index (χ2n) is 13.4. The predicted octanol–water partition coefficient (Wildman–Crippen LogP) is 4.79. The highest BCUT2D eigenvalue weighted by Gasteiger charge is 2.30. The highest BCUT2D eigenvalue weighted by molar-refractivity contribution is 5.94. The number of nitrogens with two attached hydrogens (primary N) is 1. The molecular weight excluding hydrogens is 684 g/mol. The average molecular weight is 731 g/mol. The number of carbonyl (C=O) groups is 3. The Morgan fingerprint density at radius 1 is 0.750 bits per heavy atom. The van der Waals surface area contributed by atoms with Gasteiger partial charge in [0.2, 0.25) is 11.8 Å². The van der Waals surface area contributed by atoms with Gasteiger partial charge in [-0.3, -0.25) is 9.59 Å². The van der Waals surface area contributed by atoms with Crippen LogP contribution in [0.4, 0.5) is 27.8 Å². The van der Waals surface area contributed by atoms with Crippen molar-refractivity contribution in [3.63, 3.8) is 0 Å². The Morgan fingerprint density at radius 2 is 1.21 bits per heavy atom. The van der Waals surface area contributed by atoms with Crippen LogP contribution in [0.25, 0.3) is 0 Å². The van der Waals surface area contributed by atoms with Crippen LogP contribution in [0.1, 0.15) is 45.0 Å². The van der Waals surface area contributed by atoms with Crippen molar-refractivity contribution in [2.24, 2.45) is 17.6 Å². The molecule has 0 aliphatic carbocycles. The van der Waals surface area contributed by atoms with Gasteiger partial charge in [0.05, 0.1) is 29.8 Å². The molecule has 2 saturated heterocycles. The second kappa shape index (κ2) is 18.8. The second-order valence-corrected chi connectivity index (χ2v) is 13.4. The van der Waals surface area contributed by atoms with Crippen LogP contribution < -0.4 is 31.5 Å². The van der Waals surface area contributed by atoms with Gasteiger partial charge >= 0.3 is 6.09 Å². The Labute approximate surface area is 310 Å². The van der Waals surface area contributed by atoms with Gasteiger partial charge in [0, 0.05) is 56.2 Å². The molecule has 5 N–H and O–H groups in total. The molecule has 0 unspecified atom stereocenters. The van der Waals surface area contributed by atoms with E-state index in [-0.39, 0.29) is 42.6 Å². The fraction of sp³-hybridized carbons (Fsp3) is 0.378. The lowest BCUT2D eigenvalue weighted by atomic mass is 10.1.